The van der Waals surface area contributed by atoms with E-state index in [2.05, 4.69) is 5.32 Å². The lowest BCUT2D eigenvalue weighted by Crippen LogP contribution is -2.14. The first-order valence-corrected chi connectivity index (χ1v) is 6.70. The molecule has 2 N–H and O–H groups in total. The van der Waals surface area contributed by atoms with E-state index in [0.29, 0.717) is 4.90 Å². The van der Waals surface area contributed by atoms with Gasteiger partial charge in [0.2, 0.25) is 5.91 Å². The first-order chi connectivity index (χ1) is 9.54. The first-order valence-electron chi connectivity index (χ1n) is 5.71. The van der Waals surface area contributed by atoms with Crippen LogP contribution in [0.5, 0.6) is 5.75 Å². The zero-order valence-corrected chi connectivity index (χ0v) is 11.1. The van der Waals surface area contributed by atoms with Crippen molar-refractivity contribution < 1.29 is 18.7 Å². The van der Waals surface area contributed by atoms with Crippen LogP contribution in [0.15, 0.2) is 47.4 Å². The zero-order valence-electron chi connectivity index (χ0n) is 10.3. The fourth-order valence-corrected chi connectivity index (χ4v) is 2.30. The van der Waals surface area contributed by atoms with Crippen molar-refractivity contribution in [1.29, 1.82) is 0 Å². The SMILES string of the molecule is O=C(CSc1ccccc1O)Nc1cc(F)cc(F)c1. The molecule has 1 amide bonds. The van der Waals surface area contributed by atoms with Gasteiger partial charge in [-0.1, -0.05) is 12.1 Å². The van der Waals surface area contributed by atoms with Gasteiger partial charge in [-0.05, 0) is 24.3 Å². The van der Waals surface area contributed by atoms with Crippen LogP contribution in [0.25, 0.3) is 0 Å². The summed E-state index contributed by atoms with van der Waals surface area (Å²) < 4.78 is 25.9. The Bertz CT molecular complexity index is 614. The van der Waals surface area contributed by atoms with E-state index in [9.17, 15) is 18.7 Å². The predicted molar refractivity (Wildman–Crippen MR) is 73.8 cm³/mol. The predicted octanol–water partition coefficient (Wildman–Crippen LogP) is 3.40. The number of thioether (sulfide) groups is 1. The van der Waals surface area contributed by atoms with Gasteiger partial charge >= 0.3 is 0 Å². The van der Waals surface area contributed by atoms with Crippen LogP contribution in [0.4, 0.5) is 14.5 Å². The zero-order chi connectivity index (χ0) is 14.5. The Balaban J connectivity index is 1.94. The van der Waals surface area contributed by atoms with E-state index in [1.54, 1.807) is 18.2 Å². The number of aromatic hydroxyl groups is 1. The van der Waals surface area contributed by atoms with Crippen molar-refractivity contribution in [3.8, 4) is 5.75 Å². The molecule has 0 aliphatic rings. The molecule has 2 aromatic rings. The van der Waals surface area contributed by atoms with Crippen LogP contribution in [-0.4, -0.2) is 16.8 Å². The molecular formula is C14H11F2NO2S. The van der Waals surface area contributed by atoms with E-state index < -0.39 is 17.5 Å². The van der Waals surface area contributed by atoms with Gasteiger partial charge in [-0.15, -0.1) is 11.8 Å². The van der Waals surface area contributed by atoms with Crippen molar-refractivity contribution in [2.45, 2.75) is 4.90 Å². The summed E-state index contributed by atoms with van der Waals surface area (Å²) in [6.45, 7) is 0. The number of benzene rings is 2. The van der Waals surface area contributed by atoms with E-state index in [0.717, 1.165) is 30.0 Å². The number of hydrogen-bond acceptors (Lipinski definition) is 3. The highest BCUT2D eigenvalue weighted by Gasteiger charge is 2.08. The maximum absolute atomic E-state index is 13.0. The third-order valence-corrected chi connectivity index (χ3v) is 3.43. The molecule has 0 bridgehead atoms. The fraction of sp³-hybridized carbons (Fsp3) is 0.0714. The van der Waals surface area contributed by atoms with Crippen LogP contribution < -0.4 is 5.32 Å². The minimum atomic E-state index is -0.756. The van der Waals surface area contributed by atoms with Crippen molar-refractivity contribution >= 4 is 23.4 Å². The lowest BCUT2D eigenvalue weighted by Gasteiger charge is -2.06. The van der Waals surface area contributed by atoms with Crippen LogP contribution in [0, 0.1) is 11.6 Å². The second kappa shape index (κ2) is 6.38. The summed E-state index contributed by atoms with van der Waals surface area (Å²) >= 11 is 1.13. The van der Waals surface area contributed by atoms with E-state index in [1.165, 1.54) is 6.07 Å². The average molecular weight is 295 g/mol. The van der Waals surface area contributed by atoms with Gasteiger partial charge in [-0.25, -0.2) is 8.78 Å². The van der Waals surface area contributed by atoms with Gasteiger partial charge in [0.15, 0.2) is 0 Å². The van der Waals surface area contributed by atoms with Gasteiger partial charge in [0.1, 0.15) is 17.4 Å². The molecule has 0 spiro atoms. The molecule has 0 aliphatic carbocycles. The van der Waals surface area contributed by atoms with Crippen molar-refractivity contribution in [2.75, 3.05) is 11.1 Å². The van der Waals surface area contributed by atoms with E-state index in [-0.39, 0.29) is 17.2 Å². The Morgan fingerprint density at radius 1 is 1.15 bits per heavy atom. The topological polar surface area (TPSA) is 49.3 Å². The molecule has 0 saturated carbocycles. The molecular weight excluding hydrogens is 284 g/mol. The van der Waals surface area contributed by atoms with Crippen molar-refractivity contribution in [2.24, 2.45) is 0 Å². The molecule has 20 heavy (non-hydrogen) atoms. The Kier molecular flexibility index (Phi) is 4.57. The van der Waals surface area contributed by atoms with E-state index >= 15 is 0 Å². The van der Waals surface area contributed by atoms with Crippen LogP contribution in [0.1, 0.15) is 0 Å². The summed E-state index contributed by atoms with van der Waals surface area (Å²) in [7, 11) is 0. The summed E-state index contributed by atoms with van der Waals surface area (Å²) in [5, 5.41) is 11.9. The molecule has 0 heterocycles. The van der Waals surface area contributed by atoms with Gasteiger partial charge in [0.05, 0.1) is 5.75 Å². The molecule has 0 fully saturated rings. The van der Waals surface area contributed by atoms with Crippen LogP contribution >= 0.6 is 11.8 Å². The quantitative estimate of drug-likeness (QED) is 0.850. The summed E-state index contributed by atoms with van der Waals surface area (Å²) in [4.78, 5) is 12.2. The lowest BCUT2D eigenvalue weighted by molar-refractivity contribution is -0.113. The van der Waals surface area contributed by atoms with E-state index in [1.807, 2.05) is 0 Å². The summed E-state index contributed by atoms with van der Waals surface area (Å²) in [6.07, 6.45) is 0. The van der Waals surface area contributed by atoms with Crippen LogP contribution in [-0.2, 0) is 4.79 Å². The highest BCUT2D eigenvalue weighted by molar-refractivity contribution is 8.00. The third kappa shape index (κ3) is 3.96. The maximum atomic E-state index is 13.0. The Morgan fingerprint density at radius 2 is 1.80 bits per heavy atom. The monoisotopic (exact) mass is 295 g/mol. The number of rotatable bonds is 4. The highest BCUT2D eigenvalue weighted by Crippen LogP contribution is 2.27. The van der Waals surface area contributed by atoms with E-state index in [4.69, 9.17) is 0 Å². The van der Waals surface area contributed by atoms with Gasteiger partial charge in [0.25, 0.3) is 0 Å². The Morgan fingerprint density at radius 3 is 2.45 bits per heavy atom. The van der Waals surface area contributed by atoms with Gasteiger partial charge in [0, 0.05) is 16.6 Å². The molecule has 0 atom stereocenters. The number of hydrogen-bond donors (Lipinski definition) is 2. The minimum absolute atomic E-state index is 0.0235. The Hall–Kier alpha value is -2.08. The number of phenols is 1. The average Bonchev–Trinajstić information content (AvgIpc) is 2.36. The molecule has 0 saturated heterocycles. The highest BCUT2D eigenvalue weighted by atomic mass is 32.2. The molecule has 104 valence electrons. The molecule has 0 aromatic heterocycles. The normalized spacial score (nSPS) is 10.3. The molecule has 2 aromatic carbocycles. The third-order valence-electron chi connectivity index (χ3n) is 2.37. The first kappa shape index (κ1) is 14.3. The molecule has 3 nitrogen and oxygen atoms in total. The second-order valence-electron chi connectivity index (χ2n) is 3.96. The summed E-state index contributed by atoms with van der Waals surface area (Å²) in [6, 6.07) is 9.40. The van der Waals surface area contributed by atoms with Crippen molar-refractivity contribution in [3.63, 3.8) is 0 Å². The molecule has 6 heteroatoms. The summed E-state index contributed by atoms with van der Waals surface area (Å²) in [5.74, 6) is -1.82. The minimum Gasteiger partial charge on any atom is -0.507 e. The second-order valence-corrected chi connectivity index (χ2v) is 4.98. The number of amides is 1. The van der Waals surface area contributed by atoms with Gasteiger partial charge in [-0.2, -0.15) is 0 Å². The molecule has 0 aliphatic heterocycles. The largest absolute Gasteiger partial charge is 0.507 e. The maximum Gasteiger partial charge on any atom is 0.234 e. The molecule has 2 rings (SSSR count). The number of nitrogens with one attached hydrogen (secondary N) is 1. The number of carbonyl (C=O) groups is 1. The molecule has 0 radical (unpaired) electrons. The summed E-state index contributed by atoms with van der Waals surface area (Å²) in [5.41, 5.74) is 0.0605. The number of para-hydroxylation sites is 1. The van der Waals surface area contributed by atoms with Crippen LogP contribution in [0.2, 0.25) is 0 Å². The van der Waals surface area contributed by atoms with Gasteiger partial charge in [-0.3, -0.25) is 4.79 Å². The standard InChI is InChI=1S/C14H11F2NO2S/c15-9-5-10(16)7-11(6-9)17-14(19)8-20-13-4-2-1-3-12(13)18/h1-7,18H,8H2,(H,17,19). The smallest absolute Gasteiger partial charge is 0.234 e. The number of anilines is 1. The van der Waals surface area contributed by atoms with Crippen molar-refractivity contribution in [1.82, 2.24) is 0 Å². The van der Waals surface area contributed by atoms with Gasteiger partial charge < -0.3 is 10.4 Å². The lowest BCUT2D eigenvalue weighted by atomic mass is 10.3. The Labute approximate surface area is 118 Å². The number of halogens is 2. The number of carbonyl (C=O) groups excluding carboxylic acids is 1. The number of phenolic OH excluding ortho intramolecular Hbond substituents is 1. The van der Waals surface area contributed by atoms with Crippen LogP contribution in [0.3, 0.4) is 0 Å². The fourth-order valence-electron chi connectivity index (χ4n) is 1.55. The molecule has 0 unspecified atom stereocenters. The van der Waals surface area contributed by atoms with Crippen molar-refractivity contribution in [3.05, 3.63) is 54.1 Å².